The van der Waals surface area contributed by atoms with Crippen LogP contribution < -0.4 is 0 Å². The second-order valence-corrected chi connectivity index (χ2v) is 5.46. The summed E-state index contributed by atoms with van der Waals surface area (Å²) in [5, 5.41) is 9.14. The zero-order valence-electron chi connectivity index (χ0n) is 11.0. The highest BCUT2D eigenvalue weighted by Crippen LogP contribution is 2.34. The van der Waals surface area contributed by atoms with Crippen molar-refractivity contribution in [2.24, 2.45) is 0 Å². The molecule has 3 rings (SSSR count). The van der Waals surface area contributed by atoms with E-state index >= 15 is 0 Å². The molecule has 2 aliphatic rings. The molecule has 1 aliphatic heterocycles. The third-order valence-corrected chi connectivity index (χ3v) is 4.35. The van der Waals surface area contributed by atoms with Crippen LogP contribution in [0.25, 0.3) is 0 Å². The molecular formula is C16H18N2O. The Hall–Kier alpha value is -1.82. The second kappa shape index (κ2) is 5.05. The van der Waals surface area contributed by atoms with E-state index < -0.39 is 0 Å². The highest BCUT2D eigenvalue weighted by molar-refractivity contribution is 5.85. The minimum absolute atomic E-state index is 0.0288. The fourth-order valence-electron chi connectivity index (χ4n) is 3.38. The molecule has 1 heterocycles. The van der Waals surface area contributed by atoms with Crippen LogP contribution in [-0.4, -0.2) is 23.4 Å². The number of nitriles is 1. The van der Waals surface area contributed by atoms with Crippen LogP contribution in [0, 0.1) is 11.3 Å². The van der Waals surface area contributed by atoms with Crippen LogP contribution in [0.4, 0.5) is 0 Å². The van der Waals surface area contributed by atoms with Crippen molar-refractivity contribution in [3.63, 3.8) is 0 Å². The maximum Gasteiger partial charge on any atom is 0.231 e. The normalized spacial score (nSPS) is 25.7. The largest absolute Gasteiger partial charge is 0.326 e. The Kier molecular flexibility index (Phi) is 3.25. The fourth-order valence-corrected chi connectivity index (χ4v) is 3.38. The summed E-state index contributed by atoms with van der Waals surface area (Å²) in [6.07, 6.45) is 4.85. The van der Waals surface area contributed by atoms with Crippen LogP contribution in [0.15, 0.2) is 24.3 Å². The molecule has 2 unspecified atom stereocenters. The summed E-state index contributed by atoms with van der Waals surface area (Å²) in [6, 6.07) is 10.3. The van der Waals surface area contributed by atoms with Gasteiger partial charge < -0.3 is 4.90 Å². The van der Waals surface area contributed by atoms with Gasteiger partial charge in [0.2, 0.25) is 5.91 Å². The van der Waals surface area contributed by atoms with Crippen LogP contribution in [0.2, 0.25) is 0 Å². The Morgan fingerprint density at radius 3 is 2.95 bits per heavy atom. The van der Waals surface area contributed by atoms with E-state index in [1.807, 2.05) is 12.1 Å². The molecule has 1 aromatic carbocycles. The number of likely N-dealkylation sites (tertiary alicyclic amines) is 1. The van der Waals surface area contributed by atoms with Gasteiger partial charge in [-0.3, -0.25) is 4.79 Å². The third-order valence-electron chi connectivity index (χ3n) is 4.35. The van der Waals surface area contributed by atoms with Gasteiger partial charge in [-0.25, -0.2) is 0 Å². The van der Waals surface area contributed by atoms with E-state index in [0.29, 0.717) is 0 Å². The number of carbonyl (C=O) groups excluding carboxylic acids is 1. The van der Waals surface area contributed by atoms with Crippen molar-refractivity contribution < 1.29 is 4.79 Å². The quantitative estimate of drug-likeness (QED) is 0.773. The number of aryl methyl sites for hydroxylation is 1. The van der Waals surface area contributed by atoms with Crippen LogP contribution in [-0.2, 0) is 11.2 Å². The van der Waals surface area contributed by atoms with Gasteiger partial charge in [0.05, 0.1) is 12.0 Å². The highest BCUT2D eigenvalue weighted by atomic mass is 16.2. The third kappa shape index (κ3) is 2.12. The zero-order chi connectivity index (χ0) is 13.2. The van der Waals surface area contributed by atoms with Gasteiger partial charge in [-0.2, -0.15) is 5.26 Å². The molecule has 2 atom stereocenters. The van der Waals surface area contributed by atoms with Gasteiger partial charge in [-0.1, -0.05) is 24.3 Å². The van der Waals surface area contributed by atoms with Crippen molar-refractivity contribution in [3.05, 3.63) is 35.4 Å². The first-order chi connectivity index (χ1) is 9.31. The first kappa shape index (κ1) is 12.2. The number of rotatable bonds is 1. The SMILES string of the molecule is N#CC1CCCN1C(=O)C1CCCc2ccccc21. The monoisotopic (exact) mass is 254 g/mol. The lowest BCUT2D eigenvalue weighted by atomic mass is 9.82. The van der Waals surface area contributed by atoms with Gasteiger partial charge in [-0.05, 0) is 43.2 Å². The summed E-state index contributed by atoms with van der Waals surface area (Å²) in [6.45, 7) is 0.746. The number of carbonyl (C=O) groups is 1. The molecule has 3 heteroatoms. The van der Waals surface area contributed by atoms with E-state index in [9.17, 15) is 4.79 Å². The summed E-state index contributed by atoms with van der Waals surface area (Å²) in [5.41, 5.74) is 2.49. The van der Waals surface area contributed by atoms with Gasteiger partial charge in [0, 0.05) is 6.54 Å². The van der Waals surface area contributed by atoms with E-state index in [0.717, 1.165) is 38.6 Å². The molecule has 98 valence electrons. The van der Waals surface area contributed by atoms with E-state index in [1.54, 1.807) is 4.90 Å². The smallest absolute Gasteiger partial charge is 0.231 e. The number of amides is 1. The average Bonchev–Trinajstić information content (AvgIpc) is 2.94. The Morgan fingerprint density at radius 1 is 1.26 bits per heavy atom. The van der Waals surface area contributed by atoms with Gasteiger partial charge in [0.15, 0.2) is 0 Å². The van der Waals surface area contributed by atoms with Crippen LogP contribution in [0.1, 0.15) is 42.7 Å². The summed E-state index contributed by atoms with van der Waals surface area (Å²) >= 11 is 0. The minimum Gasteiger partial charge on any atom is -0.326 e. The summed E-state index contributed by atoms with van der Waals surface area (Å²) in [7, 11) is 0. The van der Waals surface area contributed by atoms with Crippen molar-refractivity contribution in [3.8, 4) is 6.07 Å². The van der Waals surface area contributed by atoms with E-state index in [2.05, 4.69) is 18.2 Å². The molecule has 0 bridgehead atoms. The molecule has 1 amide bonds. The fraction of sp³-hybridized carbons (Fsp3) is 0.500. The summed E-state index contributed by atoms with van der Waals surface area (Å²) in [4.78, 5) is 14.5. The van der Waals surface area contributed by atoms with E-state index in [4.69, 9.17) is 5.26 Å². The maximum absolute atomic E-state index is 12.7. The van der Waals surface area contributed by atoms with Crippen molar-refractivity contribution in [2.75, 3.05) is 6.54 Å². The standard InChI is InChI=1S/C16H18N2O/c17-11-13-7-4-10-18(13)16(19)15-9-3-6-12-5-1-2-8-14(12)15/h1-2,5,8,13,15H,3-4,6-7,9-10H2. The predicted octanol–water partition coefficient (Wildman–Crippen LogP) is 2.62. The molecule has 0 radical (unpaired) electrons. The average molecular weight is 254 g/mol. The van der Waals surface area contributed by atoms with Crippen molar-refractivity contribution in [1.29, 1.82) is 5.26 Å². The molecule has 1 aromatic rings. The summed E-state index contributed by atoms with van der Waals surface area (Å²) in [5.74, 6) is 0.134. The molecule has 0 spiro atoms. The number of hydrogen-bond donors (Lipinski definition) is 0. The number of nitrogens with zero attached hydrogens (tertiary/aromatic N) is 2. The predicted molar refractivity (Wildman–Crippen MR) is 72.5 cm³/mol. The first-order valence-corrected chi connectivity index (χ1v) is 7.09. The molecule has 0 aromatic heterocycles. The van der Waals surface area contributed by atoms with Crippen LogP contribution in [0.3, 0.4) is 0 Å². The molecule has 1 aliphatic carbocycles. The zero-order valence-corrected chi connectivity index (χ0v) is 11.0. The van der Waals surface area contributed by atoms with E-state index in [1.165, 1.54) is 11.1 Å². The maximum atomic E-state index is 12.7. The first-order valence-electron chi connectivity index (χ1n) is 7.09. The molecule has 19 heavy (non-hydrogen) atoms. The minimum atomic E-state index is -0.207. The Bertz CT molecular complexity index is 532. The van der Waals surface area contributed by atoms with Gasteiger partial charge in [0.25, 0.3) is 0 Å². The molecule has 1 saturated heterocycles. The number of benzene rings is 1. The summed E-state index contributed by atoms with van der Waals surface area (Å²) < 4.78 is 0. The van der Waals surface area contributed by atoms with Crippen molar-refractivity contribution in [2.45, 2.75) is 44.1 Å². The van der Waals surface area contributed by atoms with Crippen molar-refractivity contribution >= 4 is 5.91 Å². The van der Waals surface area contributed by atoms with Crippen LogP contribution >= 0.6 is 0 Å². The molecular weight excluding hydrogens is 236 g/mol. The van der Waals surface area contributed by atoms with Crippen LogP contribution in [0.5, 0.6) is 0 Å². The second-order valence-electron chi connectivity index (χ2n) is 5.46. The number of hydrogen-bond acceptors (Lipinski definition) is 2. The topological polar surface area (TPSA) is 44.1 Å². The molecule has 1 fully saturated rings. The lowest BCUT2D eigenvalue weighted by Crippen LogP contribution is -2.39. The Morgan fingerprint density at radius 2 is 2.11 bits per heavy atom. The highest BCUT2D eigenvalue weighted by Gasteiger charge is 2.35. The van der Waals surface area contributed by atoms with E-state index in [-0.39, 0.29) is 17.9 Å². The van der Waals surface area contributed by atoms with Gasteiger partial charge >= 0.3 is 0 Å². The Balaban J connectivity index is 1.87. The molecule has 0 N–H and O–H groups in total. The van der Waals surface area contributed by atoms with Crippen molar-refractivity contribution in [1.82, 2.24) is 4.90 Å². The molecule has 3 nitrogen and oxygen atoms in total. The number of fused-ring (bicyclic) bond motifs is 1. The van der Waals surface area contributed by atoms with Gasteiger partial charge in [-0.15, -0.1) is 0 Å². The lowest BCUT2D eigenvalue weighted by molar-refractivity contribution is -0.133. The van der Waals surface area contributed by atoms with Gasteiger partial charge in [0.1, 0.15) is 6.04 Å². The Labute approximate surface area is 113 Å². The lowest BCUT2D eigenvalue weighted by Gasteiger charge is -2.29. The molecule has 0 saturated carbocycles.